The van der Waals surface area contributed by atoms with Crippen molar-refractivity contribution < 1.29 is 49.0 Å². The first kappa shape index (κ1) is 44.2. The Kier molecular flexibility index (Phi) is 13.3. The van der Waals surface area contributed by atoms with Crippen LogP contribution >= 0.6 is 0 Å². The predicted molar refractivity (Wildman–Crippen MR) is 227 cm³/mol. The Morgan fingerprint density at radius 1 is 1.02 bits per heavy atom. The number of hydrogen-bond donors (Lipinski definition) is 6. The number of phenolic OH excluding ortho intramolecular Hbond substituents is 1. The Balaban J connectivity index is 1.33. The Morgan fingerprint density at radius 3 is 2.51 bits per heavy atom. The van der Waals surface area contributed by atoms with E-state index in [2.05, 4.69) is 22.5 Å². The van der Waals surface area contributed by atoms with E-state index in [1.54, 1.807) is 13.0 Å². The monoisotopic (exact) mass is 847 g/mol. The number of aliphatic hydroxyl groups is 3. The Bertz CT molecular complexity index is 1830. The number of carbonyl (C=O) groups excluding carboxylic acids is 3. The number of hydrogen-bond acceptors (Lipinski definition) is 11. The number of ether oxygens (including phenoxy) is 3. The molecule has 1 spiro atoms. The number of esters is 2. The van der Waals surface area contributed by atoms with E-state index in [9.17, 15) is 30.0 Å². The summed E-state index contributed by atoms with van der Waals surface area (Å²) in [5, 5.41) is 50.4. The minimum absolute atomic E-state index is 0.0167. The maximum absolute atomic E-state index is 15.3. The summed E-state index contributed by atoms with van der Waals surface area (Å²) in [6.45, 7) is 4.90. The smallest absolute Gasteiger partial charge is 0.332 e. The molecule has 0 unspecified atom stereocenters. The lowest BCUT2D eigenvalue weighted by Gasteiger charge is -2.56. The molecule has 3 aliphatic heterocycles. The molecule has 12 nitrogen and oxygen atoms in total. The molecule has 3 heterocycles. The second kappa shape index (κ2) is 18.4. The number of fused-ring (bicyclic) bond motifs is 4. The summed E-state index contributed by atoms with van der Waals surface area (Å²) in [7, 11) is 0. The maximum Gasteiger partial charge on any atom is 0.332 e. The van der Waals surface area contributed by atoms with Gasteiger partial charge in [-0.3, -0.25) is 9.59 Å². The van der Waals surface area contributed by atoms with Crippen LogP contribution in [0.5, 0.6) is 11.5 Å². The molecule has 12 heteroatoms. The Morgan fingerprint density at radius 2 is 1.79 bits per heavy atom. The molecule has 0 bridgehead atoms. The number of rotatable bonds is 10. The molecule has 4 fully saturated rings. The molecule has 8 rings (SSSR count). The van der Waals surface area contributed by atoms with E-state index in [4.69, 9.17) is 14.2 Å². The van der Waals surface area contributed by atoms with Crippen LogP contribution < -0.4 is 15.4 Å². The predicted octanol–water partition coefficient (Wildman–Crippen LogP) is 5.77. The van der Waals surface area contributed by atoms with Crippen molar-refractivity contribution in [2.75, 3.05) is 32.9 Å². The van der Waals surface area contributed by atoms with E-state index >= 15 is 4.79 Å². The Hall–Kier alpha value is -3.37. The number of carbonyl (C=O) groups is 3. The number of phenols is 1. The van der Waals surface area contributed by atoms with Crippen molar-refractivity contribution in [3.8, 4) is 23.3 Å². The number of benzene rings is 1. The third-order valence-corrected chi connectivity index (χ3v) is 16.8. The fourth-order valence-electron chi connectivity index (χ4n) is 14.0. The summed E-state index contributed by atoms with van der Waals surface area (Å²) in [5.41, 5.74) is -0.169. The molecule has 1 aromatic carbocycles. The van der Waals surface area contributed by atoms with Crippen LogP contribution in [0.4, 0.5) is 0 Å². The molecule has 2 saturated carbocycles. The molecule has 11 atom stereocenters. The third-order valence-electron chi connectivity index (χ3n) is 16.8. The number of aliphatic hydroxyl groups excluding tert-OH is 3. The van der Waals surface area contributed by atoms with Gasteiger partial charge in [-0.05, 0) is 126 Å². The fraction of sp³-hybridized carbons (Fsp3) is 0.776. The normalized spacial score (nSPS) is 35.6. The highest BCUT2D eigenvalue weighted by Crippen LogP contribution is 2.65. The standard InChI is InChI=1S/C49H70N2O10/c1-30(54)25-32-9-7-10-33-26-37-38(47(29-53)17-5-6-18-47)28-59-45-39(56)15-14-36(43(37)45)44(33)48(20-22-50-23-21-48)41(27-40(60-31(2)55)35(32)12-8-24-52)61-46(58)49-19-4-3-11-34(49)13-16-42(57)51-49/h14-15,30,32-35,37-38,40-41,44,50,52-54,56H,3-6,8-9,11-13,16-29H2,1-2H3,(H,51,57)/t30-,32+,33-,34+,35+,37+,38+,40-,41+,44-,49+/m0/s1. The first-order valence-corrected chi connectivity index (χ1v) is 23.7. The summed E-state index contributed by atoms with van der Waals surface area (Å²) in [6.07, 6.45) is 9.87. The molecule has 0 aromatic heterocycles. The Labute approximate surface area is 361 Å². The molecular formula is C49H70N2O10. The van der Waals surface area contributed by atoms with Crippen LogP contribution in [-0.2, 0) is 23.9 Å². The fourth-order valence-corrected chi connectivity index (χ4v) is 14.0. The summed E-state index contributed by atoms with van der Waals surface area (Å²) in [4.78, 5) is 41.8. The van der Waals surface area contributed by atoms with Gasteiger partial charge in [0.2, 0.25) is 5.91 Å². The number of aromatic hydroxyl groups is 1. The van der Waals surface area contributed by atoms with Crippen LogP contribution in [0.1, 0.15) is 152 Å². The van der Waals surface area contributed by atoms with Crippen molar-refractivity contribution in [3.05, 3.63) is 23.3 Å². The van der Waals surface area contributed by atoms with Gasteiger partial charge in [0.05, 0.1) is 12.7 Å². The lowest BCUT2D eigenvalue weighted by atomic mass is 9.51. The van der Waals surface area contributed by atoms with Crippen LogP contribution in [0.15, 0.2) is 12.1 Å². The molecule has 336 valence electrons. The van der Waals surface area contributed by atoms with Gasteiger partial charge in [-0.25, -0.2) is 4.79 Å². The van der Waals surface area contributed by atoms with Gasteiger partial charge in [0.1, 0.15) is 17.7 Å². The molecule has 1 amide bonds. The van der Waals surface area contributed by atoms with Gasteiger partial charge in [0.15, 0.2) is 11.5 Å². The maximum atomic E-state index is 15.3. The summed E-state index contributed by atoms with van der Waals surface area (Å²) >= 11 is 0. The van der Waals surface area contributed by atoms with Gasteiger partial charge in [-0.1, -0.05) is 37.7 Å². The van der Waals surface area contributed by atoms with Gasteiger partial charge < -0.3 is 45.3 Å². The van der Waals surface area contributed by atoms with E-state index < -0.39 is 41.2 Å². The quantitative estimate of drug-likeness (QED) is 0.124. The first-order chi connectivity index (χ1) is 29.4. The van der Waals surface area contributed by atoms with Gasteiger partial charge in [0.25, 0.3) is 0 Å². The summed E-state index contributed by atoms with van der Waals surface area (Å²) < 4.78 is 20.1. The zero-order valence-corrected chi connectivity index (χ0v) is 36.4. The zero-order chi connectivity index (χ0) is 42.9. The van der Waals surface area contributed by atoms with Gasteiger partial charge in [-0.2, -0.15) is 0 Å². The van der Waals surface area contributed by atoms with E-state index in [1.807, 2.05) is 6.07 Å². The minimum Gasteiger partial charge on any atom is -0.504 e. The van der Waals surface area contributed by atoms with Crippen molar-refractivity contribution in [2.45, 2.75) is 165 Å². The molecule has 0 radical (unpaired) electrons. The van der Waals surface area contributed by atoms with Gasteiger partial charge >= 0.3 is 11.9 Å². The van der Waals surface area contributed by atoms with Crippen LogP contribution in [0.3, 0.4) is 0 Å². The average Bonchev–Trinajstić information content (AvgIpc) is 3.74. The minimum atomic E-state index is -1.15. The second-order valence-electron chi connectivity index (χ2n) is 20.1. The average molecular weight is 847 g/mol. The lowest BCUT2D eigenvalue weighted by Crippen LogP contribution is -2.65. The highest BCUT2D eigenvalue weighted by Gasteiger charge is 2.60. The second-order valence-corrected chi connectivity index (χ2v) is 20.1. The van der Waals surface area contributed by atoms with Crippen LogP contribution in [0, 0.1) is 52.3 Å². The van der Waals surface area contributed by atoms with Crippen molar-refractivity contribution in [1.29, 1.82) is 0 Å². The number of nitrogens with one attached hydrogen (secondary N) is 2. The molecule has 7 aliphatic rings. The van der Waals surface area contributed by atoms with E-state index in [0.717, 1.165) is 56.1 Å². The molecule has 4 aliphatic carbocycles. The molecule has 1 aromatic rings. The highest BCUT2D eigenvalue weighted by atomic mass is 16.6. The first-order valence-electron chi connectivity index (χ1n) is 23.7. The van der Waals surface area contributed by atoms with Gasteiger partial charge in [0, 0.05) is 73.5 Å². The number of amides is 1. The molecule has 2 saturated heterocycles. The van der Waals surface area contributed by atoms with Gasteiger partial charge in [-0.15, -0.1) is 5.92 Å². The van der Waals surface area contributed by atoms with E-state index in [0.29, 0.717) is 89.7 Å². The number of piperidine rings is 2. The third kappa shape index (κ3) is 8.31. The lowest BCUT2D eigenvalue weighted by molar-refractivity contribution is -0.183. The van der Waals surface area contributed by atoms with Crippen molar-refractivity contribution in [3.63, 3.8) is 0 Å². The SMILES string of the molecule is CC(=O)O[C@H]1C[C@@H](OC(=O)[C@@]23CCCC[C@@H]2CCC(=O)N3)C2(CCNCC2)[C@@H]2c3ccc(O)c4c3[C@H](C[C@@H]2C#CC[C@H](C[C@H](C)O)[C@H]1CCCO)[C@H](C1(CO)CCCC1)CO4. The van der Waals surface area contributed by atoms with Crippen LogP contribution in [0.25, 0.3) is 0 Å². The molecular weight excluding hydrogens is 777 g/mol. The highest BCUT2D eigenvalue weighted by molar-refractivity contribution is 5.90. The zero-order valence-electron chi connectivity index (χ0n) is 36.4. The van der Waals surface area contributed by atoms with Crippen molar-refractivity contribution in [1.82, 2.24) is 10.6 Å². The van der Waals surface area contributed by atoms with E-state index in [-0.39, 0.29) is 78.1 Å². The van der Waals surface area contributed by atoms with Crippen LogP contribution in [-0.4, -0.2) is 95.0 Å². The largest absolute Gasteiger partial charge is 0.504 e. The van der Waals surface area contributed by atoms with E-state index in [1.165, 1.54) is 6.92 Å². The summed E-state index contributed by atoms with van der Waals surface area (Å²) in [6, 6.07) is 3.77. The van der Waals surface area contributed by atoms with Crippen LogP contribution in [0.2, 0.25) is 0 Å². The van der Waals surface area contributed by atoms with Crippen molar-refractivity contribution in [2.24, 2.45) is 40.4 Å². The summed E-state index contributed by atoms with van der Waals surface area (Å²) in [5.74, 6) is 6.05. The van der Waals surface area contributed by atoms with Crippen molar-refractivity contribution >= 4 is 17.8 Å². The molecule has 61 heavy (non-hydrogen) atoms. The molecule has 6 N–H and O–H groups in total. The topological polar surface area (TPSA) is 184 Å².